The number of alkyl halides is 3. The maximum atomic E-state index is 12.7. The van der Waals surface area contributed by atoms with Crippen LogP contribution in [0.4, 0.5) is 13.2 Å². The van der Waals surface area contributed by atoms with Gasteiger partial charge in [0, 0.05) is 19.6 Å². The molecule has 3 heterocycles. The highest BCUT2D eigenvalue weighted by molar-refractivity contribution is 5.02. The average Bonchev–Trinajstić information content (AvgIpc) is 2.68. The highest BCUT2D eigenvalue weighted by Gasteiger charge is 2.39. The second-order valence-corrected chi connectivity index (χ2v) is 5.72. The zero-order valence-corrected chi connectivity index (χ0v) is 11.3. The van der Waals surface area contributed by atoms with Crippen LogP contribution in [0.25, 0.3) is 0 Å². The Hall–Kier alpha value is -1.15. The molecule has 1 aromatic rings. The van der Waals surface area contributed by atoms with Gasteiger partial charge in [-0.25, -0.2) is 0 Å². The van der Waals surface area contributed by atoms with E-state index >= 15 is 0 Å². The van der Waals surface area contributed by atoms with Gasteiger partial charge in [-0.3, -0.25) is 4.90 Å². The van der Waals surface area contributed by atoms with Gasteiger partial charge in [0.1, 0.15) is 5.82 Å². The Morgan fingerprint density at radius 3 is 2.65 bits per heavy atom. The van der Waals surface area contributed by atoms with Crippen LogP contribution >= 0.6 is 0 Å². The first-order chi connectivity index (χ1) is 9.45. The Balaban J connectivity index is 1.65. The molecule has 0 radical (unpaired) electrons. The van der Waals surface area contributed by atoms with Gasteiger partial charge in [0.2, 0.25) is 5.82 Å². The van der Waals surface area contributed by atoms with Gasteiger partial charge >= 0.3 is 6.18 Å². The summed E-state index contributed by atoms with van der Waals surface area (Å²) in [5, 5.41) is 10.2. The molecule has 1 N–H and O–H groups in total. The molecule has 0 aromatic carbocycles. The standard InChI is InChI=1S/C12H18F3N5/c1-8(9-4-16-5-9)6-19-2-3-20-10(7-19)17-18-11(20)12(13,14)15/h8-9,16H,2-7H2,1H3. The van der Waals surface area contributed by atoms with E-state index in [9.17, 15) is 13.2 Å². The molecule has 1 unspecified atom stereocenters. The molecule has 1 saturated heterocycles. The van der Waals surface area contributed by atoms with E-state index in [4.69, 9.17) is 0 Å². The van der Waals surface area contributed by atoms with Gasteiger partial charge in [0.25, 0.3) is 0 Å². The van der Waals surface area contributed by atoms with Crippen molar-refractivity contribution < 1.29 is 13.2 Å². The molecule has 2 aliphatic heterocycles. The van der Waals surface area contributed by atoms with Crippen LogP contribution in [0.2, 0.25) is 0 Å². The molecule has 8 heteroatoms. The van der Waals surface area contributed by atoms with Crippen molar-refractivity contribution in [2.75, 3.05) is 26.2 Å². The Kier molecular flexibility index (Phi) is 3.45. The molecule has 0 amide bonds. The number of halogens is 3. The quantitative estimate of drug-likeness (QED) is 0.900. The number of nitrogens with zero attached hydrogens (tertiary/aromatic N) is 4. The zero-order valence-electron chi connectivity index (χ0n) is 11.3. The minimum Gasteiger partial charge on any atom is -0.316 e. The fraction of sp³-hybridized carbons (Fsp3) is 0.833. The number of nitrogens with one attached hydrogen (secondary N) is 1. The van der Waals surface area contributed by atoms with Crippen molar-refractivity contribution in [1.29, 1.82) is 0 Å². The molecule has 1 fully saturated rings. The summed E-state index contributed by atoms with van der Waals surface area (Å²) in [6, 6.07) is 0. The summed E-state index contributed by atoms with van der Waals surface area (Å²) in [7, 11) is 0. The summed E-state index contributed by atoms with van der Waals surface area (Å²) in [6.07, 6.45) is -4.42. The van der Waals surface area contributed by atoms with E-state index in [1.165, 1.54) is 4.57 Å². The normalized spacial score (nSPS) is 22.4. The van der Waals surface area contributed by atoms with Gasteiger partial charge in [-0.1, -0.05) is 6.92 Å². The first-order valence-electron chi connectivity index (χ1n) is 6.87. The van der Waals surface area contributed by atoms with Crippen LogP contribution in [0.1, 0.15) is 18.6 Å². The summed E-state index contributed by atoms with van der Waals surface area (Å²) in [5.74, 6) is 0.777. The highest BCUT2D eigenvalue weighted by Crippen LogP contribution is 2.29. The molecule has 0 spiro atoms. The van der Waals surface area contributed by atoms with Gasteiger partial charge in [0.15, 0.2) is 0 Å². The number of fused-ring (bicyclic) bond motifs is 1. The topological polar surface area (TPSA) is 46.0 Å². The number of hydrogen-bond donors (Lipinski definition) is 1. The summed E-state index contributed by atoms with van der Waals surface area (Å²) in [4.78, 5) is 2.17. The third-order valence-corrected chi connectivity index (χ3v) is 4.25. The maximum absolute atomic E-state index is 12.7. The van der Waals surface area contributed by atoms with Gasteiger partial charge in [-0.15, -0.1) is 10.2 Å². The molecule has 3 rings (SSSR count). The Morgan fingerprint density at radius 1 is 1.30 bits per heavy atom. The van der Waals surface area contributed by atoms with E-state index in [1.54, 1.807) is 0 Å². The van der Waals surface area contributed by atoms with Crippen molar-refractivity contribution in [2.45, 2.75) is 26.2 Å². The van der Waals surface area contributed by atoms with E-state index in [1.807, 2.05) is 0 Å². The largest absolute Gasteiger partial charge is 0.451 e. The Labute approximate surface area is 115 Å². The summed E-state index contributed by atoms with van der Waals surface area (Å²) in [5.41, 5.74) is 0. The molecule has 0 bridgehead atoms. The maximum Gasteiger partial charge on any atom is 0.451 e. The first kappa shape index (κ1) is 13.8. The second-order valence-electron chi connectivity index (χ2n) is 5.72. The number of hydrogen-bond acceptors (Lipinski definition) is 4. The van der Waals surface area contributed by atoms with Crippen LogP contribution in [0.3, 0.4) is 0 Å². The minimum absolute atomic E-state index is 0.312. The van der Waals surface area contributed by atoms with Crippen molar-refractivity contribution in [2.24, 2.45) is 11.8 Å². The molecular formula is C12H18F3N5. The van der Waals surface area contributed by atoms with Crippen molar-refractivity contribution in [3.63, 3.8) is 0 Å². The number of aromatic nitrogens is 3. The summed E-state index contributed by atoms with van der Waals surface area (Å²) in [6.45, 7) is 6.58. The third-order valence-electron chi connectivity index (χ3n) is 4.25. The third kappa shape index (κ3) is 2.54. The lowest BCUT2D eigenvalue weighted by Crippen LogP contribution is -2.49. The van der Waals surface area contributed by atoms with Gasteiger partial charge in [-0.2, -0.15) is 13.2 Å². The summed E-state index contributed by atoms with van der Waals surface area (Å²) >= 11 is 0. The van der Waals surface area contributed by atoms with Crippen molar-refractivity contribution >= 4 is 0 Å². The van der Waals surface area contributed by atoms with Gasteiger partial charge in [0.05, 0.1) is 6.54 Å². The predicted octanol–water partition coefficient (Wildman–Crippen LogP) is 0.968. The predicted molar refractivity (Wildman–Crippen MR) is 65.8 cm³/mol. The van der Waals surface area contributed by atoms with Crippen LogP contribution in [-0.2, 0) is 19.3 Å². The molecular weight excluding hydrogens is 271 g/mol. The van der Waals surface area contributed by atoms with Crippen LogP contribution in [0, 0.1) is 11.8 Å². The molecule has 2 aliphatic rings. The molecule has 1 aromatic heterocycles. The van der Waals surface area contributed by atoms with Crippen LogP contribution in [0.5, 0.6) is 0 Å². The lowest BCUT2D eigenvalue weighted by atomic mass is 9.88. The molecule has 20 heavy (non-hydrogen) atoms. The van der Waals surface area contributed by atoms with E-state index in [0.29, 0.717) is 37.3 Å². The minimum atomic E-state index is -4.42. The molecule has 112 valence electrons. The van der Waals surface area contributed by atoms with E-state index < -0.39 is 12.0 Å². The van der Waals surface area contributed by atoms with Gasteiger partial charge < -0.3 is 9.88 Å². The first-order valence-corrected chi connectivity index (χ1v) is 6.87. The van der Waals surface area contributed by atoms with E-state index in [0.717, 1.165) is 19.6 Å². The SMILES string of the molecule is CC(CN1CCn2c(nnc2C(F)(F)F)C1)C1CNC1. The zero-order chi connectivity index (χ0) is 14.3. The van der Waals surface area contributed by atoms with Crippen LogP contribution in [0.15, 0.2) is 0 Å². The number of rotatable bonds is 3. The van der Waals surface area contributed by atoms with Crippen molar-refractivity contribution in [1.82, 2.24) is 25.0 Å². The van der Waals surface area contributed by atoms with Gasteiger partial charge in [-0.05, 0) is 24.9 Å². The second kappa shape index (κ2) is 5.00. The van der Waals surface area contributed by atoms with Crippen molar-refractivity contribution in [3.05, 3.63) is 11.6 Å². The lowest BCUT2D eigenvalue weighted by Gasteiger charge is -2.37. The summed E-state index contributed by atoms with van der Waals surface area (Å²) < 4.78 is 39.4. The van der Waals surface area contributed by atoms with E-state index in [-0.39, 0.29) is 0 Å². The van der Waals surface area contributed by atoms with Crippen molar-refractivity contribution in [3.8, 4) is 0 Å². The monoisotopic (exact) mass is 289 g/mol. The molecule has 1 atom stereocenters. The Bertz CT molecular complexity index is 480. The smallest absolute Gasteiger partial charge is 0.316 e. The van der Waals surface area contributed by atoms with E-state index in [2.05, 4.69) is 27.3 Å². The lowest BCUT2D eigenvalue weighted by molar-refractivity contribution is -0.148. The fourth-order valence-corrected chi connectivity index (χ4v) is 2.84. The van der Waals surface area contributed by atoms with Crippen LogP contribution in [-0.4, -0.2) is 45.8 Å². The molecule has 0 saturated carbocycles. The van der Waals surface area contributed by atoms with Crippen LogP contribution < -0.4 is 5.32 Å². The Morgan fingerprint density at radius 2 is 2.05 bits per heavy atom. The fourth-order valence-electron chi connectivity index (χ4n) is 2.84. The molecule has 0 aliphatic carbocycles. The average molecular weight is 289 g/mol. The highest BCUT2D eigenvalue weighted by atomic mass is 19.4. The molecule has 5 nitrogen and oxygen atoms in total.